The highest BCUT2D eigenvalue weighted by Crippen LogP contribution is 2.27. The Labute approximate surface area is 142 Å². The number of benzene rings is 2. The molecule has 0 atom stereocenters. The summed E-state index contributed by atoms with van der Waals surface area (Å²) in [6.07, 6.45) is 0.562. The van der Waals surface area contributed by atoms with Gasteiger partial charge in [0.2, 0.25) is 10.0 Å². The maximum atomic E-state index is 12.5. The predicted molar refractivity (Wildman–Crippen MR) is 92.8 cm³/mol. The monoisotopic (exact) mass is 353 g/mol. The van der Waals surface area contributed by atoms with Crippen LogP contribution in [-0.2, 0) is 16.4 Å². The van der Waals surface area contributed by atoms with Gasteiger partial charge < -0.3 is 4.74 Å². The van der Waals surface area contributed by atoms with Crippen molar-refractivity contribution in [3.05, 3.63) is 58.1 Å². The number of sulfonamides is 1. The van der Waals surface area contributed by atoms with Gasteiger partial charge >= 0.3 is 0 Å². The smallest absolute Gasteiger partial charge is 0.244 e. The first-order chi connectivity index (χ1) is 10.8. The fraction of sp³-hybridized carbons (Fsp3) is 0.294. The number of methoxy groups -OCH3 is 1. The molecule has 23 heavy (non-hydrogen) atoms. The lowest BCUT2D eigenvalue weighted by Crippen LogP contribution is -2.26. The summed E-state index contributed by atoms with van der Waals surface area (Å²) < 4.78 is 32.9. The van der Waals surface area contributed by atoms with Gasteiger partial charge in [0.25, 0.3) is 0 Å². The lowest BCUT2D eigenvalue weighted by atomic mass is 10.1. The molecule has 0 fully saturated rings. The average Bonchev–Trinajstić information content (AvgIpc) is 2.49. The zero-order chi connectivity index (χ0) is 17.0. The molecule has 0 saturated heterocycles. The van der Waals surface area contributed by atoms with E-state index in [0.717, 1.165) is 16.7 Å². The van der Waals surface area contributed by atoms with E-state index in [4.69, 9.17) is 16.3 Å². The number of hydrogen-bond donors (Lipinski definition) is 1. The van der Waals surface area contributed by atoms with Gasteiger partial charge in [0.05, 0.1) is 7.11 Å². The number of ether oxygens (including phenoxy) is 1. The van der Waals surface area contributed by atoms with E-state index in [1.54, 1.807) is 18.2 Å². The van der Waals surface area contributed by atoms with Gasteiger partial charge in [-0.05, 0) is 61.2 Å². The topological polar surface area (TPSA) is 55.4 Å². The molecule has 0 unspecified atom stereocenters. The van der Waals surface area contributed by atoms with E-state index < -0.39 is 10.0 Å². The molecular formula is C17H20ClNO3S. The minimum absolute atomic E-state index is 0.161. The molecular weight excluding hydrogens is 334 g/mol. The lowest BCUT2D eigenvalue weighted by molar-refractivity contribution is 0.402. The van der Waals surface area contributed by atoms with Crippen LogP contribution in [0.1, 0.15) is 16.7 Å². The molecule has 0 aliphatic rings. The lowest BCUT2D eigenvalue weighted by Gasteiger charge is -2.13. The molecule has 0 saturated carbocycles. The maximum absolute atomic E-state index is 12.5. The first-order valence-corrected chi connectivity index (χ1v) is 9.09. The normalized spacial score (nSPS) is 11.5. The molecule has 4 nitrogen and oxygen atoms in total. The molecule has 0 aromatic heterocycles. The first kappa shape index (κ1) is 17.8. The highest BCUT2D eigenvalue weighted by atomic mass is 35.5. The van der Waals surface area contributed by atoms with Crippen molar-refractivity contribution < 1.29 is 13.2 Å². The Kier molecular flexibility index (Phi) is 5.68. The number of aryl methyl sites for hydroxylation is 2. The standard InChI is InChI=1S/C17H20ClNO3S/c1-12-9-16(22-3)17(10-13(12)2)23(20,21)19-8-7-14-5-4-6-15(18)11-14/h4-6,9-11,19H,7-8H2,1-3H3. The summed E-state index contributed by atoms with van der Waals surface area (Å²) in [6, 6.07) is 10.7. The number of nitrogens with one attached hydrogen (secondary N) is 1. The van der Waals surface area contributed by atoms with Gasteiger partial charge in [0.1, 0.15) is 10.6 Å². The quantitative estimate of drug-likeness (QED) is 0.864. The fourth-order valence-corrected chi connectivity index (χ4v) is 3.71. The van der Waals surface area contributed by atoms with E-state index in [1.165, 1.54) is 7.11 Å². The molecule has 2 rings (SSSR count). The van der Waals surface area contributed by atoms with Crippen molar-refractivity contribution in [1.82, 2.24) is 4.72 Å². The molecule has 2 aromatic carbocycles. The molecule has 0 aliphatic carbocycles. The second kappa shape index (κ2) is 7.34. The van der Waals surface area contributed by atoms with E-state index >= 15 is 0 Å². The summed E-state index contributed by atoms with van der Waals surface area (Å²) in [7, 11) is -2.16. The van der Waals surface area contributed by atoms with Crippen LogP contribution in [0.3, 0.4) is 0 Å². The van der Waals surface area contributed by atoms with Crippen molar-refractivity contribution >= 4 is 21.6 Å². The molecule has 6 heteroatoms. The predicted octanol–water partition coefficient (Wildman–Crippen LogP) is 3.49. The Hall–Kier alpha value is -1.56. The minimum atomic E-state index is -3.63. The number of halogens is 1. The summed E-state index contributed by atoms with van der Waals surface area (Å²) >= 11 is 5.93. The van der Waals surface area contributed by atoms with Crippen molar-refractivity contribution in [3.8, 4) is 5.75 Å². The van der Waals surface area contributed by atoms with Gasteiger partial charge in [0, 0.05) is 11.6 Å². The summed E-state index contributed by atoms with van der Waals surface area (Å²) in [5, 5.41) is 0.640. The van der Waals surface area contributed by atoms with E-state index in [1.807, 2.05) is 32.0 Å². The van der Waals surface area contributed by atoms with E-state index in [0.29, 0.717) is 23.7 Å². The third-order valence-corrected chi connectivity index (χ3v) is 5.38. The SMILES string of the molecule is COc1cc(C)c(C)cc1S(=O)(=O)NCCc1cccc(Cl)c1. The van der Waals surface area contributed by atoms with E-state index in [2.05, 4.69) is 4.72 Å². The van der Waals surface area contributed by atoms with Crippen LogP contribution in [0.15, 0.2) is 41.3 Å². The van der Waals surface area contributed by atoms with Gasteiger partial charge in [-0.25, -0.2) is 13.1 Å². The van der Waals surface area contributed by atoms with Crippen LogP contribution in [0, 0.1) is 13.8 Å². The Morgan fingerprint density at radius 2 is 1.83 bits per heavy atom. The van der Waals surface area contributed by atoms with Crippen LogP contribution in [0.4, 0.5) is 0 Å². The molecule has 0 bridgehead atoms. The Balaban J connectivity index is 2.14. The second-order valence-electron chi connectivity index (χ2n) is 5.37. The van der Waals surface area contributed by atoms with Crippen molar-refractivity contribution in [3.63, 3.8) is 0 Å². The van der Waals surface area contributed by atoms with Gasteiger partial charge in [-0.15, -0.1) is 0 Å². The average molecular weight is 354 g/mol. The molecule has 0 aliphatic heterocycles. The molecule has 124 valence electrons. The molecule has 1 N–H and O–H groups in total. The minimum Gasteiger partial charge on any atom is -0.495 e. The van der Waals surface area contributed by atoms with Crippen LogP contribution in [0.5, 0.6) is 5.75 Å². The van der Waals surface area contributed by atoms with Crippen LogP contribution in [0.25, 0.3) is 0 Å². The molecule has 0 radical (unpaired) electrons. The zero-order valence-corrected chi connectivity index (χ0v) is 15.0. The Bertz CT molecular complexity index is 803. The Morgan fingerprint density at radius 3 is 2.48 bits per heavy atom. The largest absolute Gasteiger partial charge is 0.495 e. The zero-order valence-electron chi connectivity index (χ0n) is 13.4. The van der Waals surface area contributed by atoms with Crippen LogP contribution < -0.4 is 9.46 Å². The number of hydrogen-bond acceptors (Lipinski definition) is 3. The molecule has 0 heterocycles. The summed E-state index contributed by atoms with van der Waals surface area (Å²) in [5.74, 6) is 0.350. The van der Waals surface area contributed by atoms with Crippen molar-refractivity contribution in [2.24, 2.45) is 0 Å². The third-order valence-electron chi connectivity index (χ3n) is 3.66. The van der Waals surface area contributed by atoms with Crippen LogP contribution >= 0.6 is 11.6 Å². The summed E-state index contributed by atoms with van der Waals surface area (Å²) in [5.41, 5.74) is 2.87. The molecule has 0 spiro atoms. The van der Waals surface area contributed by atoms with Gasteiger partial charge in [0.15, 0.2) is 0 Å². The maximum Gasteiger partial charge on any atom is 0.244 e. The van der Waals surface area contributed by atoms with Crippen LogP contribution in [-0.4, -0.2) is 22.1 Å². The first-order valence-electron chi connectivity index (χ1n) is 7.23. The van der Waals surface area contributed by atoms with Crippen molar-refractivity contribution in [2.45, 2.75) is 25.2 Å². The molecule has 0 amide bonds. The van der Waals surface area contributed by atoms with E-state index in [9.17, 15) is 8.42 Å². The number of rotatable bonds is 6. The van der Waals surface area contributed by atoms with Gasteiger partial charge in [-0.2, -0.15) is 0 Å². The van der Waals surface area contributed by atoms with E-state index in [-0.39, 0.29) is 4.90 Å². The molecule has 2 aromatic rings. The fourth-order valence-electron chi connectivity index (χ4n) is 2.23. The third kappa shape index (κ3) is 4.47. The van der Waals surface area contributed by atoms with Crippen molar-refractivity contribution in [2.75, 3.05) is 13.7 Å². The summed E-state index contributed by atoms with van der Waals surface area (Å²) in [6.45, 7) is 4.08. The van der Waals surface area contributed by atoms with Gasteiger partial charge in [-0.3, -0.25) is 0 Å². The second-order valence-corrected chi connectivity index (χ2v) is 7.54. The highest BCUT2D eigenvalue weighted by Gasteiger charge is 2.20. The van der Waals surface area contributed by atoms with Crippen LogP contribution in [0.2, 0.25) is 5.02 Å². The van der Waals surface area contributed by atoms with Gasteiger partial charge in [-0.1, -0.05) is 23.7 Å². The Morgan fingerprint density at radius 1 is 1.13 bits per heavy atom. The van der Waals surface area contributed by atoms with Crippen molar-refractivity contribution in [1.29, 1.82) is 0 Å². The highest BCUT2D eigenvalue weighted by molar-refractivity contribution is 7.89. The summed E-state index contributed by atoms with van der Waals surface area (Å²) in [4.78, 5) is 0.161.